The van der Waals surface area contributed by atoms with Crippen molar-refractivity contribution in [2.45, 2.75) is 38.9 Å². The first-order valence-electron chi connectivity index (χ1n) is 16.8. The Morgan fingerprint density at radius 1 is 0.481 bits per heavy atom. The molecule has 10 radical (unpaired) electrons. The minimum absolute atomic E-state index is 0.0949. The summed E-state index contributed by atoms with van der Waals surface area (Å²) in [5.41, 5.74) is 4.95. The first kappa shape index (κ1) is 32.9. The smallest absolute Gasteiger partial charge is 0.456 e. The van der Waals surface area contributed by atoms with Crippen LogP contribution >= 0.6 is 0 Å². The van der Waals surface area contributed by atoms with Crippen LogP contribution in [0.3, 0.4) is 0 Å². The third-order valence-electron chi connectivity index (χ3n) is 10.5. The number of fused-ring (bicyclic) bond motifs is 6. The van der Waals surface area contributed by atoms with Gasteiger partial charge in [-0.05, 0) is 69.6 Å². The summed E-state index contributed by atoms with van der Waals surface area (Å²) in [4.78, 5) is 14.6. The van der Waals surface area contributed by atoms with Crippen LogP contribution in [-0.2, 0) is 9.31 Å². The number of rotatable bonds is 4. The molecule has 7 nitrogen and oxygen atoms in total. The molecule has 52 heavy (non-hydrogen) atoms. The number of benzene rings is 5. The Bertz CT molecular complexity index is 2750. The van der Waals surface area contributed by atoms with Crippen molar-refractivity contribution in [1.29, 1.82) is 0 Å². The average Bonchev–Trinajstić information content (AvgIpc) is 3.76. The molecule has 1 fully saturated rings. The van der Waals surface area contributed by atoms with E-state index < -0.39 is 18.3 Å². The molecule has 8 aromatic rings. The summed E-state index contributed by atoms with van der Waals surface area (Å²) < 4.78 is 25.2. The summed E-state index contributed by atoms with van der Waals surface area (Å²) in [6.07, 6.45) is 0. The molecule has 4 heterocycles. The standard InChI is InChI=1S/C39H25B6N3O4/c1-38(2)39(3,4)52-45(51-38)20-11-14-26-24(17-20)23-13-10-19(16-28(23)50-26)36-46-35(18-9-12-22-21-7-5-6-8-25(21)49-27(22)15-18)47-37(48-36)29-30(40)32(42)34(44)33(43)31(29)41/h5-17H,1-4H3. The quantitative estimate of drug-likeness (QED) is 0.268. The third-order valence-corrected chi connectivity index (χ3v) is 10.5. The largest absolute Gasteiger partial charge is 0.494 e. The number of hydrogen-bond donors (Lipinski definition) is 0. The molecule has 0 amide bonds. The Morgan fingerprint density at radius 2 is 0.962 bits per heavy atom. The molecule has 1 aliphatic heterocycles. The van der Waals surface area contributed by atoms with Crippen molar-refractivity contribution >= 4 is 123 Å². The van der Waals surface area contributed by atoms with Gasteiger partial charge in [0, 0.05) is 38.2 Å². The number of para-hydroxylation sites is 1. The first-order chi connectivity index (χ1) is 24.8. The molecule has 1 aliphatic rings. The molecule has 5 aromatic carbocycles. The summed E-state index contributed by atoms with van der Waals surface area (Å²) in [5.74, 6) is 0.875. The SMILES string of the molecule is [B]c1c([B])c([B])c(-c2nc(-c3ccc4c(c3)oc3ccccc34)nc(-c3ccc4c(c3)oc3ccc(B5OC(C)(C)C(C)(C)O5)cc34)n2)c([B])c1[B]. The highest BCUT2D eigenvalue weighted by Crippen LogP contribution is 2.38. The highest BCUT2D eigenvalue weighted by molar-refractivity contribution is 6.68. The fourth-order valence-corrected chi connectivity index (χ4v) is 6.76. The molecule has 0 spiro atoms. The minimum atomic E-state index is -0.504. The molecular weight excluding hydrogens is 639 g/mol. The van der Waals surface area contributed by atoms with E-state index in [0.29, 0.717) is 33.9 Å². The molecule has 3 aromatic heterocycles. The zero-order valence-corrected chi connectivity index (χ0v) is 28.9. The van der Waals surface area contributed by atoms with Gasteiger partial charge in [-0.3, -0.25) is 0 Å². The van der Waals surface area contributed by atoms with Crippen molar-refractivity contribution in [3.63, 3.8) is 0 Å². The predicted octanol–water partition coefficient (Wildman–Crippen LogP) is 2.94. The van der Waals surface area contributed by atoms with E-state index in [4.69, 9.17) is 72.3 Å². The maximum absolute atomic E-state index is 6.50. The lowest BCUT2D eigenvalue weighted by molar-refractivity contribution is 0.00578. The number of hydrogen-bond acceptors (Lipinski definition) is 7. The maximum atomic E-state index is 6.50. The van der Waals surface area contributed by atoms with E-state index >= 15 is 0 Å². The van der Waals surface area contributed by atoms with Crippen molar-refractivity contribution in [1.82, 2.24) is 15.0 Å². The minimum Gasteiger partial charge on any atom is -0.456 e. The van der Waals surface area contributed by atoms with Gasteiger partial charge in [0.15, 0.2) is 17.5 Å². The summed E-state index contributed by atoms with van der Waals surface area (Å²) in [5, 5.41) is 3.82. The van der Waals surface area contributed by atoms with Gasteiger partial charge in [-0.25, -0.2) is 15.0 Å². The molecule has 0 unspecified atom stereocenters. The Balaban J connectivity index is 1.20. The second kappa shape index (κ2) is 11.5. The van der Waals surface area contributed by atoms with Crippen LogP contribution in [0.15, 0.2) is 87.7 Å². The Hall–Kier alpha value is -4.98. The topological polar surface area (TPSA) is 83.4 Å². The first-order valence-corrected chi connectivity index (χ1v) is 16.8. The van der Waals surface area contributed by atoms with Crippen LogP contribution in [0.25, 0.3) is 78.0 Å². The zero-order valence-electron chi connectivity index (χ0n) is 28.9. The number of furan rings is 2. The molecule has 1 saturated heterocycles. The van der Waals surface area contributed by atoms with Gasteiger partial charge in [-0.1, -0.05) is 53.4 Å². The lowest BCUT2D eigenvalue weighted by Gasteiger charge is -2.32. The molecular formula is C39H25B6N3O4. The van der Waals surface area contributed by atoms with Crippen molar-refractivity contribution in [3.05, 3.63) is 78.9 Å². The van der Waals surface area contributed by atoms with E-state index in [2.05, 4.69) is 6.07 Å². The fourth-order valence-electron chi connectivity index (χ4n) is 6.76. The van der Waals surface area contributed by atoms with Gasteiger partial charge in [0.1, 0.15) is 61.6 Å². The van der Waals surface area contributed by atoms with E-state index in [1.165, 1.54) is 0 Å². The van der Waals surface area contributed by atoms with Gasteiger partial charge in [0.25, 0.3) is 0 Å². The fraction of sp³-hybridized carbons (Fsp3) is 0.154. The van der Waals surface area contributed by atoms with Crippen molar-refractivity contribution < 1.29 is 18.1 Å². The molecule has 0 atom stereocenters. The number of nitrogens with zero attached hydrogens (tertiary/aromatic N) is 3. The molecule has 9 rings (SSSR count). The average molecular weight is 665 g/mol. The van der Waals surface area contributed by atoms with Crippen LogP contribution in [0.5, 0.6) is 0 Å². The summed E-state index contributed by atoms with van der Waals surface area (Å²) in [6.45, 7) is 8.15. The van der Waals surface area contributed by atoms with Gasteiger partial charge in [-0.15, -0.1) is 16.4 Å². The maximum Gasteiger partial charge on any atom is 0.494 e. The van der Waals surface area contributed by atoms with Gasteiger partial charge in [0.2, 0.25) is 0 Å². The normalized spacial score (nSPS) is 15.4. The predicted molar refractivity (Wildman–Crippen MR) is 213 cm³/mol. The molecule has 0 aliphatic carbocycles. The molecule has 13 heteroatoms. The second-order valence-electron chi connectivity index (χ2n) is 14.2. The van der Waals surface area contributed by atoms with Crippen LogP contribution < -0.4 is 32.8 Å². The van der Waals surface area contributed by atoms with Crippen molar-refractivity contribution in [2.24, 2.45) is 0 Å². The lowest BCUT2D eigenvalue weighted by atomic mass is 9.60. The Morgan fingerprint density at radius 3 is 1.56 bits per heavy atom. The van der Waals surface area contributed by atoms with E-state index in [1.807, 2.05) is 100 Å². The van der Waals surface area contributed by atoms with Gasteiger partial charge >= 0.3 is 7.12 Å². The van der Waals surface area contributed by atoms with Crippen molar-refractivity contribution in [2.75, 3.05) is 0 Å². The molecule has 0 N–H and O–H groups in total. The van der Waals surface area contributed by atoms with Crippen LogP contribution in [0, 0.1) is 0 Å². The molecule has 238 valence electrons. The molecule has 0 bridgehead atoms. The summed E-state index contributed by atoms with van der Waals surface area (Å²) >= 11 is 0. The monoisotopic (exact) mass is 665 g/mol. The van der Waals surface area contributed by atoms with Crippen molar-refractivity contribution in [3.8, 4) is 34.2 Å². The zero-order chi connectivity index (χ0) is 36.3. The van der Waals surface area contributed by atoms with Gasteiger partial charge in [0.05, 0.1) is 11.2 Å². The highest BCUT2D eigenvalue weighted by Gasteiger charge is 2.51. The summed E-state index contributed by atoms with van der Waals surface area (Å²) in [6, 6.07) is 25.5. The van der Waals surface area contributed by atoms with Crippen LogP contribution in [-0.4, -0.2) is 72.5 Å². The van der Waals surface area contributed by atoms with E-state index in [9.17, 15) is 0 Å². The number of aromatic nitrogens is 3. The Labute approximate surface area is 307 Å². The van der Waals surface area contributed by atoms with E-state index in [-0.39, 0.29) is 38.7 Å². The Kier molecular flexibility index (Phi) is 7.28. The third kappa shape index (κ3) is 5.01. The summed E-state index contributed by atoms with van der Waals surface area (Å²) in [7, 11) is 31.1. The van der Waals surface area contributed by atoms with Gasteiger partial charge < -0.3 is 18.1 Å². The van der Waals surface area contributed by atoms with Gasteiger partial charge in [-0.2, -0.15) is 0 Å². The van der Waals surface area contributed by atoms with Crippen LogP contribution in [0.2, 0.25) is 0 Å². The molecule has 0 saturated carbocycles. The highest BCUT2D eigenvalue weighted by atomic mass is 16.7. The van der Waals surface area contributed by atoms with Crippen LogP contribution in [0.1, 0.15) is 27.7 Å². The van der Waals surface area contributed by atoms with E-state index in [1.54, 1.807) is 0 Å². The lowest BCUT2D eigenvalue weighted by Crippen LogP contribution is -2.55. The van der Waals surface area contributed by atoms with E-state index in [0.717, 1.165) is 38.2 Å². The van der Waals surface area contributed by atoms with Crippen LogP contribution in [0.4, 0.5) is 0 Å². The second-order valence-corrected chi connectivity index (χ2v) is 14.2.